The number of phosphoric ester groups is 1. The van der Waals surface area contributed by atoms with E-state index in [1.54, 1.807) is 0 Å². The van der Waals surface area contributed by atoms with E-state index < -0.39 is 79.3 Å². The average Bonchev–Trinajstić information content (AvgIpc) is 2.62. The molecule has 16 heteroatoms. The van der Waals surface area contributed by atoms with Gasteiger partial charge in [0.2, 0.25) is 0 Å². The molecule has 0 fully saturated rings. The SMILES string of the molecule is O=P(O)(O)OP(=O)(OCCC(CO)(CO)CO)OCCC(CO)(CO)CO.[H-].[K+]. The van der Waals surface area contributed by atoms with Gasteiger partial charge < -0.3 is 41.9 Å². The maximum Gasteiger partial charge on any atom is 1.00 e. The Labute approximate surface area is 206 Å². The first-order chi connectivity index (χ1) is 12.5. The zero-order valence-corrected chi connectivity index (χ0v) is 20.5. The predicted molar refractivity (Wildman–Crippen MR) is 90.4 cm³/mol. The van der Waals surface area contributed by atoms with Crippen molar-refractivity contribution < 1.29 is 116 Å². The minimum atomic E-state index is -5.30. The molecule has 0 saturated carbocycles. The summed E-state index contributed by atoms with van der Waals surface area (Å²) in [6, 6.07) is 0. The number of hydrogen-bond donors (Lipinski definition) is 8. The van der Waals surface area contributed by atoms with Gasteiger partial charge in [0.25, 0.3) is 0 Å². The average molecular weight is 482 g/mol. The molecule has 0 spiro atoms. The van der Waals surface area contributed by atoms with Crippen molar-refractivity contribution >= 4 is 15.6 Å². The summed E-state index contributed by atoms with van der Waals surface area (Å²) in [4.78, 5) is 17.7. The van der Waals surface area contributed by atoms with Crippen LogP contribution >= 0.6 is 15.6 Å². The summed E-state index contributed by atoms with van der Waals surface area (Å²) in [6.45, 7) is -4.96. The first-order valence-corrected chi connectivity index (χ1v) is 10.8. The third kappa shape index (κ3) is 11.3. The molecule has 0 aromatic heterocycles. The number of aliphatic hydroxyl groups excluding tert-OH is 6. The van der Waals surface area contributed by atoms with Crippen LogP contribution in [0.4, 0.5) is 0 Å². The first-order valence-electron chi connectivity index (χ1n) is 7.80. The second kappa shape index (κ2) is 14.7. The van der Waals surface area contributed by atoms with Gasteiger partial charge in [-0.1, -0.05) is 0 Å². The fraction of sp³-hybridized carbons (Fsp3) is 1.00. The van der Waals surface area contributed by atoms with Crippen LogP contribution in [-0.4, -0.2) is 93.3 Å². The van der Waals surface area contributed by atoms with Crippen LogP contribution in [0.3, 0.4) is 0 Å². The maximum absolute atomic E-state index is 12.4. The molecule has 0 bridgehead atoms. The van der Waals surface area contributed by atoms with E-state index in [2.05, 4.69) is 4.31 Å². The summed E-state index contributed by atoms with van der Waals surface area (Å²) in [5.41, 5.74) is -2.76. The normalized spacial score (nSPS) is 13.4. The van der Waals surface area contributed by atoms with Crippen molar-refractivity contribution in [2.24, 2.45) is 10.8 Å². The Morgan fingerprint density at radius 1 is 0.679 bits per heavy atom. The van der Waals surface area contributed by atoms with Crippen molar-refractivity contribution in [2.75, 3.05) is 52.9 Å². The van der Waals surface area contributed by atoms with Gasteiger partial charge in [0, 0.05) is 10.8 Å². The smallest absolute Gasteiger partial charge is 1.00 e. The van der Waals surface area contributed by atoms with Crippen molar-refractivity contribution in [3.05, 3.63) is 0 Å². The Kier molecular flexibility index (Phi) is 16.7. The topological polar surface area (TPSA) is 224 Å². The second-order valence-electron chi connectivity index (χ2n) is 6.13. The van der Waals surface area contributed by atoms with E-state index >= 15 is 0 Å². The van der Waals surface area contributed by atoms with E-state index in [0.717, 1.165) is 0 Å². The van der Waals surface area contributed by atoms with E-state index in [1.165, 1.54) is 0 Å². The largest absolute Gasteiger partial charge is 1.00 e. The predicted octanol–water partition coefficient (Wildman–Crippen LogP) is -4.94. The molecule has 0 aliphatic carbocycles. The number of aliphatic hydroxyl groups is 6. The standard InChI is InChI=1S/C12H28O13P2.K.H/c13-5-11(6-14,7-15)1-3-23-27(22,25-26(19,20)21)24-4-2-12(8-16,9-17)10-18;;/h13-18H,1-10H2,(H2,19,20,21);;/q;+1;-1. The van der Waals surface area contributed by atoms with Crippen molar-refractivity contribution in [3.8, 4) is 0 Å². The van der Waals surface area contributed by atoms with Gasteiger partial charge in [-0.15, -0.1) is 0 Å². The van der Waals surface area contributed by atoms with Crippen molar-refractivity contribution in [3.63, 3.8) is 0 Å². The van der Waals surface area contributed by atoms with Crippen LogP contribution in [0.15, 0.2) is 0 Å². The fourth-order valence-electron chi connectivity index (χ4n) is 1.74. The molecule has 0 amide bonds. The van der Waals surface area contributed by atoms with Crippen molar-refractivity contribution in [1.29, 1.82) is 0 Å². The van der Waals surface area contributed by atoms with Crippen molar-refractivity contribution in [1.82, 2.24) is 0 Å². The quantitative estimate of drug-likeness (QED) is 0.0763. The summed E-state index contributed by atoms with van der Waals surface area (Å²) in [6.07, 6.45) is -0.496. The van der Waals surface area contributed by atoms with Gasteiger partial charge in [-0.05, 0) is 12.8 Å². The molecule has 166 valence electrons. The Morgan fingerprint density at radius 2 is 0.964 bits per heavy atom. The van der Waals surface area contributed by atoms with Gasteiger partial charge in [-0.2, -0.15) is 4.31 Å². The van der Waals surface area contributed by atoms with E-state index in [1.807, 2.05) is 0 Å². The minimum absolute atomic E-state index is 0. The third-order valence-corrected chi connectivity index (χ3v) is 6.63. The maximum atomic E-state index is 12.4. The van der Waals surface area contributed by atoms with E-state index in [9.17, 15) is 39.8 Å². The molecule has 0 unspecified atom stereocenters. The molecule has 0 aromatic carbocycles. The zero-order chi connectivity index (χ0) is 21.2. The Hall–Kier alpha value is 1.66. The molecule has 0 atom stereocenters. The van der Waals surface area contributed by atoms with Gasteiger partial charge in [0.05, 0.1) is 52.9 Å². The van der Waals surface area contributed by atoms with Gasteiger partial charge >= 0.3 is 67.0 Å². The molecule has 28 heavy (non-hydrogen) atoms. The Balaban J connectivity index is -0.00000338. The zero-order valence-electron chi connectivity index (χ0n) is 16.6. The monoisotopic (exact) mass is 482 g/mol. The number of phosphoric acid groups is 2. The molecular formula is C12H29KO13P2. The van der Waals surface area contributed by atoms with E-state index in [0.29, 0.717) is 0 Å². The molecule has 0 aliphatic heterocycles. The first kappa shape index (κ1) is 31.8. The molecule has 0 radical (unpaired) electrons. The molecular weight excluding hydrogens is 453 g/mol. The summed E-state index contributed by atoms with van der Waals surface area (Å²) in [5, 5.41) is 55.2. The summed E-state index contributed by atoms with van der Waals surface area (Å²) in [5.74, 6) is 0. The second-order valence-corrected chi connectivity index (χ2v) is 9.18. The van der Waals surface area contributed by atoms with Crippen LogP contribution in [0.2, 0.25) is 0 Å². The molecule has 0 aliphatic rings. The van der Waals surface area contributed by atoms with Crippen LogP contribution < -0.4 is 51.4 Å². The Morgan fingerprint density at radius 3 is 1.18 bits per heavy atom. The molecule has 13 nitrogen and oxygen atoms in total. The fourth-order valence-corrected chi connectivity index (χ4v) is 3.86. The van der Waals surface area contributed by atoms with E-state index in [4.69, 9.17) is 18.8 Å². The number of hydrogen-bond acceptors (Lipinski definition) is 11. The van der Waals surface area contributed by atoms with Gasteiger partial charge in [0.1, 0.15) is 0 Å². The van der Waals surface area contributed by atoms with Crippen LogP contribution in [0.1, 0.15) is 14.3 Å². The van der Waals surface area contributed by atoms with Crippen LogP contribution in [-0.2, 0) is 22.5 Å². The molecule has 0 rings (SSSR count). The molecule has 8 N–H and O–H groups in total. The number of rotatable bonds is 16. The summed E-state index contributed by atoms with van der Waals surface area (Å²) < 4.78 is 37.0. The Bertz CT molecular complexity index is 465. The third-order valence-electron chi connectivity index (χ3n) is 3.98. The molecule has 0 heterocycles. The van der Waals surface area contributed by atoms with Gasteiger partial charge in [0.15, 0.2) is 0 Å². The summed E-state index contributed by atoms with van der Waals surface area (Å²) >= 11 is 0. The van der Waals surface area contributed by atoms with Crippen LogP contribution in [0.5, 0.6) is 0 Å². The van der Waals surface area contributed by atoms with Crippen molar-refractivity contribution in [2.45, 2.75) is 12.8 Å². The van der Waals surface area contributed by atoms with Gasteiger partial charge in [-0.25, -0.2) is 9.13 Å². The van der Waals surface area contributed by atoms with E-state index in [-0.39, 0.29) is 65.7 Å². The minimum Gasteiger partial charge on any atom is -1.00 e. The molecule has 0 saturated heterocycles. The molecule has 0 aromatic rings. The van der Waals surface area contributed by atoms with Crippen LogP contribution in [0.25, 0.3) is 0 Å². The van der Waals surface area contributed by atoms with Crippen LogP contribution in [0, 0.1) is 10.8 Å². The summed E-state index contributed by atoms with van der Waals surface area (Å²) in [7, 11) is -10.1. The van der Waals surface area contributed by atoms with Gasteiger partial charge in [-0.3, -0.25) is 9.05 Å².